The van der Waals surface area contributed by atoms with Crippen molar-refractivity contribution >= 4 is 11.5 Å². The molecule has 0 unspecified atom stereocenters. The van der Waals surface area contributed by atoms with Crippen LogP contribution in [0.15, 0.2) is 18.3 Å². The summed E-state index contributed by atoms with van der Waals surface area (Å²) >= 11 is 0. The standard InChI is InChI=1S/C10H16N4/c1-3-6-14(2)8-4-5-9(10(11)12)13-7-8/h4-5,7H,3,6H2,1-2H3,(H3,11,12). The molecule has 1 heterocycles. The normalized spacial score (nSPS) is 9.86. The van der Waals surface area contributed by atoms with Crippen molar-refractivity contribution in [2.45, 2.75) is 13.3 Å². The van der Waals surface area contributed by atoms with Gasteiger partial charge in [0.15, 0.2) is 0 Å². The van der Waals surface area contributed by atoms with Crippen LogP contribution < -0.4 is 10.6 Å². The lowest BCUT2D eigenvalue weighted by molar-refractivity contribution is 0.849. The second kappa shape index (κ2) is 4.60. The van der Waals surface area contributed by atoms with Crippen LogP contribution in [0.3, 0.4) is 0 Å². The quantitative estimate of drug-likeness (QED) is 0.556. The molecule has 0 aliphatic heterocycles. The first-order chi connectivity index (χ1) is 6.65. The molecule has 4 heteroatoms. The Kier molecular flexibility index (Phi) is 3.45. The molecule has 0 aliphatic rings. The number of anilines is 1. The van der Waals surface area contributed by atoms with Crippen molar-refractivity contribution in [3.63, 3.8) is 0 Å². The minimum atomic E-state index is 0.00898. The van der Waals surface area contributed by atoms with Crippen molar-refractivity contribution in [3.05, 3.63) is 24.0 Å². The molecule has 76 valence electrons. The Morgan fingerprint density at radius 1 is 1.57 bits per heavy atom. The van der Waals surface area contributed by atoms with Crippen LogP contribution in [0.2, 0.25) is 0 Å². The highest BCUT2D eigenvalue weighted by molar-refractivity contribution is 5.93. The van der Waals surface area contributed by atoms with E-state index in [2.05, 4.69) is 16.8 Å². The molecule has 3 N–H and O–H groups in total. The van der Waals surface area contributed by atoms with Gasteiger partial charge in [-0.15, -0.1) is 0 Å². The van der Waals surface area contributed by atoms with Gasteiger partial charge < -0.3 is 10.6 Å². The molecule has 0 saturated carbocycles. The number of hydrogen-bond acceptors (Lipinski definition) is 3. The SMILES string of the molecule is CCCN(C)c1ccc(C(=N)N)nc1. The van der Waals surface area contributed by atoms with E-state index in [1.165, 1.54) is 0 Å². The molecule has 0 aromatic carbocycles. The van der Waals surface area contributed by atoms with Crippen LogP contribution in [0.4, 0.5) is 5.69 Å². The van der Waals surface area contributed by atoms with Crippen LogP contribution >= 0.6 is 0 Å². The van der Waals surface area contributed by atoms with Crippen molar-refractivity contribution in [3.8, 4) is 0 Å². The second-order valence-corrected chi connectivity index (χ2v) is 3.24. The van der Waals surface area contributed by atoms with Crippen LogP contribution in [0, 0.1) is 5.41 Å². The highest BCUT2D eigenvalue weighted by atomic mass is 15.1. The van der Waals surface area contributed by atoms with Gasteiger partial charge in [-0.1, -0.05) is 6.92 Å². The molecule has 0 amide bonds. The number of rotatable bonds is 4. The fourth-order valence-corrected chi connectivity index (χ4v) is 1.24. The Bertz CT molecular complexity index is 304. The predicted molar refractivity (Wildman–Crippen MR) is 58.8 cm³/mol. The maximum atomic E-state index is 7.20. The van der Waals surface area contributed by atoms with Crippen molar-refractivity contribution in [1.82, 2.24) is 4.98 Å². The topological polar surface area (TPSA) is 66.0 Å². The van der Waals surface area contributed by atoms with E-state index in [4.69, 9.17) is 11.1 Å². The van der Waals surface area contributed by atoms with Gasteiger partial charge in [0.1, 0.15) is 11.5 Å². The summed E-state index contributed by atoms with van der Waals surface area (Å²) in [4.78, 5) is 6.21. The summed E-state index contributed by atoms with van der Waals surface area (Å²) < 4.78 is 0. The van der Waals surface area contributed by atoms with E-state index in [-0.39, 0.29) is 5.84 Å². The molecule has 14 heavy (non-hydrogen) atoms. The molecular formula is C10H16N4. The Balaban J connectivity index is 2.77. The van der Waals surface area contributed by atoms with Gasteiger partial charge in [-0.3, -0.25) is 10.4 Å². The first-order valence-corrected chi connectivity index (χ1v) is 4.66. The van der Waals surface area contributed by atoms with Crippen LogP contribution in [0.5, 0.6) is 0 Å². The van der Waals surface area contributed by atoms with Crippen molar-refractivity contribution in [2.75, 3.05) is 18.5 Å². The number of aromatic nitrogens is 1. The van der Waals surface area contributed by atoms with Crippen LogP contribution in [-0.4, -0.2) is 24.4 Å². The summed E-state index contributed by atoms with van der Waals surface area (Å²) in [5, 5.41) is 7.20. The van der Waals surface area contributed by atoms with Gasteiger partial charge in [-0.2, -0.15) is 0 Å². The molecular weight excluding hydrogens is 176 g/mol. The highest BCUT2D eigenvalue weighted by Crippen LogP contribution is 2.10. The molecule has 0 atom stereocenters. The zero-order chi connectivity index (χ0) is 10.6. The number of nitrogens with one attached hydrogen (secondary N) is 1. The lowest BCUT2D eigenvalue weighted by atomic mass is 10.3. The fraction of sp³-hybridized carbons (Fsp3) is 0.400. The van der Waals surface area contributed by atoms with E-state index in [0.717, 1.165) is 18.7 Å². The van der Waals surface area contributed by atoms with Gasteiger partial charge in [-0.25, -0.2) is 0 Å². The molecule has 0 spiro atoms. The van der Waals surface area contributed by atoms with Gasteiger partial charge in [0, 0.05) is 13.6 Å². The molecule has 1 aromatic heterocycles. The molecule has 4 nitrogen and oxygen atoms in total. The first-order valence-electron chi connectivity index (χ1n) is 4.66. The smallest absolute Gasteiger partial charge is 0.141 e. The molecule has 0 fully saturated rings. The molecule has 0 bridgehead atoms. The van der Waals surface area contributed by atoms with Gasteiger partial charge in [0.05, 0.1) is 11.9 Å². The summed E-state index contributed by atoms with van der Waals surface area (Å²) in [5.41, 5.74) is 6.88. The summed E-state index contributed by atoms with van der Waals surface area (Å²) in [6.45, 7) is 3.13. The molecule has 0 saturated heterocycles. The minimum Gasteiger partial charge on any atom is -0.382 e. The molecule has 0 aliphatic carbocycles. The number of pyridine rings is 1. The van der Waals surface area contributed by atoms with E-state index in [1.807, 2.05) is 13.1 Å². The Hall–Kier alpha value is -1.58. The summed E-state index contributed by atoms with van der Waals surface area (Å²) in [7, 11) is 2.02. The van der Waals surface area contributed by atoms with E-state index < -0.39 is 0 Å². The van der Waals surface area contributed by atoms with E-state index in [9.17, 15) is 0 Å². The van der Waals surface area contributed by atoms with Gasteiger partial charge in [-0.05, 0) is 18.6 Å². The van der Waals surface area contributed by atoms with Crippen molar-refractivity contribution < 1.29 is 0 Å². The summed E-state index contributed by atoms with van der Waals surface area (Å²) in [5.74, 6) is 0.00898. The fourth-order valence-electron chi connectivity index (χ4n) is 1.24. The Morgan fingerprint density at radius 2 is 2.29 bits per heavy atom. The van der Waals surface area contributed by atoms with Crippen LogP contribution in [0.1, 0.15) is 19.0 Å². The molecule has 1 rings (SSSR count). The Labute approximate surface area is 84.3 Å². The zero-order valence-corrected chi connectivity index (χ0v) is 8.62. The van der Waals surface area contributed by atoms with Crippen LogP contribution in [-0.2, 0) is 0 Å². The van der Waals surface area contributed by atoms with E-state index >= 15 is 0 Å². The number of nitrogens with two attached hydrogens (primary N) is 1. The summed E-state index contributed by atoms with van der Waals surface area (Å²) in [6.07, 6.45) is 2.84. The lowest BCUT2D eigenvalue weighted by Gasteiger charge is -2.17. The monoisotopic (exact) mass is 192 g/mol. The van der Waals surface area contributed by atoms with E-state index in [1.54, 1.807) is 12.3 Å². The number of amidine groups is 1. The zero-order valence-electron chi connectivity index (χ0n) is 8.62. The predicted octanol–water partition coefficient (Wildman–Crippen LogP) is 1.21. The number of nitrogens with zero attached hydrogens (tertiary/aromatic N) is 2. The van der Waals surface area contributed by atoms with Crippen molar-refractivity contribution in [2.24, 2.45) is 5.73 Å². The number of hydrogen-bond donors (Lipinski definition) is 2. The largest absolute Gasteiger partial charge is 0.382 e. The maximum Gasteiger partial charge on any atom is 0.141 e. The molecule has 1 aromatic rings. The summed E-state index contributed by atoms with van der Waals surface area (Å²) in [6, 6.07) is 3.70. The average molecular weight is 192 g/mol. The van der Waals surface area contributed by atoms with E-state index in [0.29, 0.717) is 5.69 Å². The van der Waals surface area contributed by atoms with Crippen LogP contribution in [0.25, 0.3) is 0 Å². The van der Waals surface area contributed by atoms with Gasteiger partial charge in [0.2, 0.25) is 0 Å². The maximum absolute atomic E-state index is 7.20. The van der Waals surface area contributed by atoms with Crippen molar-refractivity contribution in [1.29, 1.82) is 5.41 Å². The third kappa shape index (κ3) is 2.45. The Morgan fingerprint density at radius 3 is 2.71 bits per heavy atom. The first kappa shape index (κ1) is 10.5. The molecule has 0 radical (unpaired) electrons. The van der Waals surface area contributed by atoms with Gasteiger partial charge in [0.25, 0.3) is 0 Å². The highest BCUT2D eigenvalue weighted by Gasteiger charge is 2.01. The third-order valence-electron chi connectivity index (χ3n) is 2.02. The average Bonchev–Trinajstić information content (AvgIpc) is 2.18. The minimum absolute atomic E-state index is 0.00898. The van der Waals surface area contributed by atoms with Gasteiger partial charge >= 0.3 is 0 Å². The third-order valence-corrected chi connectivity index (χ3v) is 2.02. The second-order valence-electron chi connectivity index (χ2n) is 3.24. The lowest BCUT2D eigenvalue weighted by Crippen LogP contribution is -2.19. The number of nitrogen functional groups attached to an aromatic ring is 1.